The van der Waals surface area contributed by atoms with Gasteiger partial charge in [-0.3, -0.25) is 4.79 Å². The summed E-state index contributed by atoms with van der Waals surface area (Å²) in [5.41, 5.74) is 5.33. The predicted octanol–water partition coefficient (Wildman–Crippen LogP) is 0.582. The van der Waals surface area contributed by atoms with Crippen molar-refractivity contribution in [3.63, 3.8) is 0 Å². The van der Waals surface area contributed by atoms with Gasteiger partial charge in [0.05, 0.1) is 5.92 Å². The number of nitrogens with zero attached hydrogens (tertiary/aromatic N) is 4. The van der Waals surface area contributed by atoms with Crippen LogP contribution in [0.5, 0.6) is 0 Å². The molecule has 3 amide bonds. The van der Waals surface area contributed by atoms with Gasteiger partial charge in [0, 0.05) is 50.8 Å². The van der Waals surface area contributed by atoms with Crippen molar-refractivity contribution in [2.24, 2.45) is 11.7 Å². The summed E-state index contributed by atoms with van der Waals surface area (Å²) in [5.74, 6) is 0.0531. The Balaban J connectivity index is 1.54. The van der Waals surface area contributed by atoms with Crippen molar-refractivity contribution >= 4 is 28.4 Å². The summed E-state index contributed by atoms with van der Waals surface area (Å²) < 4.78 is 0. The summed E-state index contributed by atoms with van der Waals surface area (Å²) >= 11 is 1.62. The highest BCUT2D eigenvalue weighted by Crippen LogP contribution is 2.22. The smallest absolute Gasteiger partial charge is 0.314 e. The van der Waals surface area contributed by atoms with Crippen LogP contribution in [-0.4, -0.2) is 66.0 Å². The van der Waals surface area contributed by atoms with Crippen molar-refractivity contribution in [1.82, 2.24) is 14.8 Å². The Morgan fingerprint density at radius 1 is 1.18 bits per heavy atom. The van der Waals surface area contributed by atoms with Crippen LogP contribution < -0.4 is 10.6 Å². The second-order valence-electron chi connectivity index (χ2n) is 5.75. The molecule has 2 saturated heterocycles. The number of thiazole rings is 1. The number of nitrogens with two attached hydrogens (primary N) is 1. The SMILES string of the molecule is NC(=O)N1CCC[C@@H](C(=O)N2CCN(c3nccs3)CC2)C1. The van der Waals surface area contributed by atoms with Gasteiger partial charge in [-0.25, -0.2) is 9.78 Å². The van der Waals surface area contributed by atoms with Crippen molar-refractivity contribution in [3.8, 4) is 0 Å². The molecule has 0 radical (unpaired) electrons. The average Bonchev–Trinajstić information content (AvgIpc) is 3.09. The fraction of sp³-hybridized carbons (Fsp3) is 0.643. The van der Waals surface area contributed by atoms with Gasteiger partial charge in [0.25, 0.3) is 0 Å². The Bertz CT molecular complexity index is 527. The highest BCUT2D eigenvalue weighted by Gasteiger charge is 2.32. The van der Waals surface area contributed by atoms with Crippen molar-refractivity contribution in [3.05, 3.63) is 11.6 Å². The molecule has 3 heterocycles. The number of amides is 3. The van der Waals surface area contributed by atoms with Crippen LogP contribution in [-0.2, 0) is 4.79 Å². The Morgan fingerprint density at radius 3 is 2.59 bits per heavy atom. The molecule has 2 fully saturated rings. The topological polar surface area (TPSA) is 82.8 Å². The molecule has 8 heteroatoms. The monoisotopic (exact) mass is 323 g/mol. The van der Waals surface area contributed by atoms with Crippen LogP contribution in [0, 0.1) is 5.92 Å². The number of likely N-dealkylation sites (tertiary alicyclic amines) is 1. The lowest BCUT2D eigenvalue weighted by molar-refractivity contribution is -0.137. The molecule has 1 aromatic heterocycles. The van der Waals surface area contributed by atoms with Crippen LogP contribution in [0.4, 0.5) is 9.93 Å². The fourth-order valence-electron chi connectivity index (χ4n) is 3.13. The molecule has 0 spiro atoms. The quantitative estimate of drug-likeness (QED) is 0.863. The molecule has 0 bridgehead atoms. The van der Waals surface area contributed by atoms with E-state index >= 15 is 0 Å². The summed E-state index contributed by atoms with van der Waals surface area (Å²) in [6.45, 7) is 4.17. The van der Waals surface area contributed by atoms with E-state index in [-0.39, 0.29) is 11.8 Å². The largest absolute Gasteiger partial charge is 0.351 e. The Morgan fingerprint density at radius 2 is 1.95 bits per heavy atom. The molecule has 2 aliphatic rings. The third kappa shape index (κ3) is 3.16. The first-order valence-electron chi connectivity index (χ1n) is 7.63. The van der Waals surface area contributed by atoms with E-state index in [4.69, 9.17) is 5.73 Å². The van der Waals surface area contributed by atoms with E-state index in [0.29, 0.717) is 26.2 Å². The Labute approximate surface area is 133 Å². The van der Waals surface area contributed by atoms with Gasteiger partial charge in [0.2, 0.25) is 5.91 Å². The fourth-order valence-corrected chi connectivity index (χ4v) is 3.82. The standard InChI is InChI=1S/C14H21N5O2S/c15-13(21)19-4-1-2-11(10-19)12(20)17-5-7-18(8-6-17)14-16-3-9-22-14/h3,9,11H,1-2,4-8,10H2,(H2,15,21)/t11-/m1/s1. The first-order chi connectivity index (χ1) is 10.6. The number of anilines is 1. The molecule has 0 saturated carbocycles. The lowest BCUT2D eigenvalue weighted by atomic mass is 9.96. The zero-order chi connectivity index (χ0) is 15.5. The molecule has 0 unspecified atom stereocenters. The van der Waals surface area contributed by atoms with Gasteiger partial charge in [-0.1, -0.05) is 0 Å². The second kappa shape index (κ2) is 6.51. The lowest BCUT2D eigenvalue weighted by Gasteiger charge is -2.38. The predicted molar refractivity (Wildman–Crippen MR) is 84.8 cm³/mol. The molecular weight excluding hydrogens is 302 g/mol. The van der Waals surface area contributed by atoms with Gasteiger partial charge < -0.3 is 20.4 Å². The maximum Gasteiger partial charge on any atom is 0.314 e. The number of carbonyl (C=O) groups is 2. The Kier molecular flexibility index (Phi) is 4.47. The molecular formula is C14H21N5O2S. The number of hydrogen-bond donors (Lipinski definition) is 1. The first-order valence-corrected chi connectivity index (χ1v) is 8.50. The summed E-state index contributed by atoms with van der Waals surface area (Å²) in [7, 11) is 0. The van der Waals surface area contributed by atoms with Gasteiger partial charge in [-0.2, -0.15) is 0 Å². The molecule has 3 rings (SSSR count). The number of aromatic nitrogens is 1. The van der Waals surface area contributed by atoms with Crippen LogP contribution in [0.15, 0.2) is 11.6 Å². The molecule has 0 aromatic carbocycles. The highest BCUT2D eigenvalue weighted by molar-refractivity contribution is 7.13. The number of piperazine rings is 1. The number of hydrogen-bond acceptors (Lipinski definition) is 5. The highest BCUT2D eigenvalue weighted by atomic mass is 32.1. The van der Waals surface area contributed by atoms with Crippen LogP contribution in [0.3, 0.4) is 0 Å². The Hall–Kier alpha value is -1.83. The van der Waals surface area contributed by atoms with E-state index in [1.54, 1.807) is 22.4 Å². The second-order valence-corrected chi connectivity index (χ2v) is 6.62. The molecule has 120 valence electrons. The lowest BCUT2D eigenvalue weighted by Crippen LogP contribution is -2.53. The maximum atomic E-state index is 12.6. The minimum absolute atomic E-state index is 0.104. The van der Waals surface area contributed by atoms with E-state index in [1.165, 1.54) is 0 Å². The number of rotatable bonds is 2. The van der Waals surface area contributed by atoms with E-state index in [0.717, 1.165) is 31.1 Å². The van der Waals surface area contributed by atoms with Crippen molar-refractivity contribution in [1.29, 1.82) is 0 Å². The van der Waals surface area contributed by atoms with Crippen molar-refractivity contribution in [2.75, 3.05) is 44.2 Å². The average molecular weight is 323 g/mol. The zero-order valence-electron chi connectivity index (χ0n) is 12.5. The maximum absolute atomic E-state index is 12.6. The summed E-state index contributed by atoms with van der Waals surface area (Å²) in [5, 5.41) is 2.98. The summed E-state index contributed by atoms with van der Waals surface area (Å²) in [6, 6.07) is -0.425. The van der Waals surface area contributed by atoms with Crippen LogP contribution >= 0.6 is 11.3 Å². The van der Waals surface area contributed by atoms with E-state index in [2.05, 4.69) is 9.88 Å². The van der Waals surface area contributed by atoms with Gasteiger partial charge in [0.1, 0.15) is 0 Å². The molecule has 0 aliphatic carbocycles. The third-order valence-electron chi connectivity index (χ3n) is 4.36. The van der Waals surface area contributed by atoms with Crippen LogP contribution in [0.2, 0.25) is 0 Å². The molecule has 1 aromatic rings. The number of urea groups is 1. The van der Waals surface area contributed by atoms with Crippen molar-refractivity contribution in [2.45, 2.75) is 12.8 Å². The molecule has 7 nitrogen and oxygen atoms in total. The summed E-state index contributed by atoms with van der Waals surface area (Å²) in [6.07, 6.45) is 3.49. The molecule has 22 heavy (non-hydrogen) atoms. The van der Waals surface area contributed by atoms with Crippen molar-refractivity contribution < 1.29 is 9.59 Å². The minimum atomic E-state index is -0.425. The van der Waals surface area contributed by atoms with Gasteiger partial charge >= 0.3 is 6.03 Å². The number of carbonyl (C=O) groups excluding carboxylic acids is 2. The van der Waals surface area contributed by atoms with Gasteiger partial charge in [-0.15, -0.1) is 11.3 Å². The number of piperidine rings is 1. The summed E-state index contributed by atoms with van der Waals surface area (Å²) in [4.78, 5) is 33.9. The van der Waals surface area contributed by atoms with E-state index < -0.39 is 6.03 Å². The van der Waals surface area contributed by atoms with Gasteiger partial charge in [0.15, 0.2) is 5.13 Å². The zero-order valence-corrected chi connectivity index (χ0v) is 13.3. The normalized spacial score (nSPS) is 22.7. The number of primary amides is 1. The first kappa shape index (κ1) is 15.1. The van der Waals surface area contributed by atoms with Gasteiger partial charge in [-0.05, 0) is 12.8 Å². The molecule has 1 atom stereocenters. The van der Waals surface area contributed by atoms with E-state index in [1.807, 2.05) is 10.3 Å². The van der Waals surface area contributed by atoms with E-state index in [9.17, 15) is 9.59 Å². The van der Waals surface area contributed by atoms with Crippen LogP contribution in [0.25, 0.3) is 0 Å². The van der Waals surface area contributed by atoms with Crippen LogP contribution in [0.1, 0.15) is 12.8 Å². The molecule has 2 aliphatic heterocycles. The third-order valence-corrected chi connectivity index (χ3v) is 5.20. The minimum Gasteiger partial charge on any atom is -0.351 e. The molecule has 2 N–H and O–H groups in total.